The van der Waals surface area contributed by atoms with Gasteiger partial charge in [-0.2, -0.15) is 0 Å². The second kappa shape index (κ2) is 11.1. The highest BCUT2D eigenvalue weighted by Gasteiger charge is 2.28. The van der Waals surface area contributed by atoms with E-state index in [1.165, 1.54) is 44.3 Å². The Kier molecular flexibility index (Phi) is 6.02. The van der Waals surface area contributed by atoms with Gasteiger partial charge < -0.3 is 18.9 Å². The van der Waals surface area contributed by atoms with Crippen LogP contribution in [0.15, 0.2) is 176 Å². The summed E-state index contributed by atoms with van der Waals surface area (Å²) in [5.41, 5.74) is 11.2. The Labute approximate surface area is 309 Å². The summed E-state index contributed by atoms with van der Waals surface area (Å²) in [6, 6.07) is 60.3. The largest absolute Gasteiger partial charge is 0.457 e. The molecule has 7 aromatic carbocycles. The number of para-hydroxylation sites is 6. The summed E-state index contributed by atoms with van der Waals surface area (Å²) in [5.74, 6) is 1.54. The first-order chi connectivity index (χ1) is 26.8. The van der Waals surface area contributed by atoms with Gasteiger partial charge in [0.2, 0.25) is 0 Å². The van der Waals surface area contributed by atoms with Gasteiger partial charge in [-0.05, 0) is 72.8 Å². The molecular weight excluding hydrogens is 663 g/mol. The quantitative estimate of drug-likeness (QED) is 0.184. The van der Waals surface area contributed by atoms with Gasteiger partial charge in [0.25, 0.3) is 0 Å². The van der Waals surface area contributed by atoms with Crippen molar-refractivity contribution in [1.29, 1.82) is 0 Å². The first kappa shape index (κ1) is 29.3. The van der Waals surface area contributed by atoms with Gasteiger partial charge in [0.15, 0.2) is 0 Å². The molecule has 0 spiro atoms. The van der Waals surface area contributed by atoms with Crippen molar-refractivity contribution < 1.29 is 4.74 Å². The van der Waals surface area contributed by atoms with Crippen LogP contribution in [0.25, 0.3) is 65.5 Å². The fourth-order valence-electron chi connectivity index (χ4n) is 8.88. The zero-order chi connectivity index (χ0) is 35.3. The van der Waals surface area contributed by atoms with Gasteiger partial charge in [0, 0.05) is 62.0 Å². The zero-order valence-corrected chi connectivity index (χ0v) is 29.1. The normalized spacial score (nSPS) is 13.0. The minimum atomic E-state index is 0.708. The summed E-state index contributed by atoms with van der Waals surface area (Å²) in [6.07, 6.45) is 1.90. The number of anilines is 4. The second-order valence-electron chi connectivity index (χ2n) is 14.0. The lowest BCUT2D eigenvalue weighted by molar-refractivity contribution is 0.483. The second-order valence-corrected chi connectivity index (χ2v) is 14.0. The van der Waals surface area contributed by atoms with Crippen molar-refractivity contribution in [3.63, 3.8) is 0 Å². The van der Waals surface area contributed by atoms with Gasteiger partial charge in [-0.1, -0.05) is 84.9 Å². The smallest absolute Gasteiger partial charge is 0.145 e. The number of hydrogen-bond donors (Lipinski definition) is 0. The Morgan fingerprint density at radius 3 is 1.89 bits per heavy atom. The van der Waals surface area contributed by atoms with Gasteiger partial charge in [0.05, 0.1) is 39.0 Å². The Balaban J connectivity index is 1.05. The van der Waals surface area contributed by atoms with Crippen molar-refractivity contribution in [2.24, 2.45) is 0 Å². The van der Waals surface area contributed by atoms with Crippen LogP contribution < -0.4 is 14.5 Å². The molecule has 0 N–H and O–H groups in total. The van der Waals surface area contributed by atoms with Gasteiger partial charge >= 0.3 is 0 Å². The Morgan fingerprint density at radius 1 is 0.407 bits per heavy atom. The topological polar surface area (TPSA) is 37.4 Å². The van der Waals surface area contributed by atoms with E-state index in [1.807, 2.05) is 18.3 Å². The molecule has 5 heterocycles. The highest BCUT2D eigenvalue weighted by molar-refractivity contribution is 6.23. The third-order valence-corrected chi connectivity index (χ3v) is 11.1. The molecule has 12 rings (SSSR count). The van der Waals surface area contributed by atoms with Crippen LogP contribution in [-0.2, 0) is 0 Å². The molecule has 0 fully saturated rings. The average molecular weight is 694 g/mol. The standard InChI is InChI=1S/C48H31N5O/c1-2-12-31(13-3-1)50-30-51(43-23-7-6-22-42(43)50)32-14-8-15-33(28-32)54-34-25-26-36-38-19-10-24-44-47(38)53(45(36)29-34)48-40(20-11-27-49-48)39-18-9-17-37-35-16-4-5-21-41(35)52(44)46(37)39/h1-29H,30H2. The maximum atomic E-state index is 6.74. The molecule has 4 aromatic heterocycles. The number of fused-ring (bicyclic) bond motifs is 11. The number of rotatable bonds is 4. The molecule has 1 aliphatic rings. The Morgan fingerprint density at radius 2 is 1.02 bits per heavy atom. The van der Waals surface area contributed by atoms with Crippen LogP contribution in [0.3, 0.4) is 0 Å². The molecule has 6 heteroatoms. The van der Waals surface area contributed by atoms with Crippen LogP contribution in [0.4, 0.5) is 22.7 Å². The molecule has 0 unspecified atom stereocenters. The molecule has 6 nitrogen and oxygen atoms in total. The predicted molar refractivity (Wildman–Crippen MR) is 222 cm³/mol. The molecule has 54 heavy (non-hydrogen) atoms. The van der Waals surface area contributed by atoms with Crippen LogP contribution in [0, 0.1) is 0 Å². The number of hydrogen-bond acceptors (Lipinski definition) is 4. The predicted octanol–water partition coefficient (Wildman–Crippen LogP) is 12.4. The van der Waals surface area contributed by atoms with Crippen LogP contribution in [0.5, 0.6) is 11.5 Å². The van der Waals surface area contributed by atoms with Crippen molar-refractivity contribution >= 4 is 88.3 Å². The fourth-order valence-corrected chi connectivity index (χ4v) is 8.88. The van der Waals surface area contributed by atoms with E-state index in [1.54, 1.807) is 0 Å². The maximum Gasteiger partial charge on any atom is 0.145 e. The summed E-state index contributed by atoms with van der Waals surface area (Å²) in [7, 11) is 0. The number of ether oxygens (including phenoxy) is 1. The first-order valence-corrected chi connectivity index (χ1v) is 18.3. The van der Waals surface area contributed by atoms with Crippen LogP contribution in [0.2, 0.25) is 0 Å². The van der Waals surface area contributed by atoms with E-state index in [4.69, 9.17) is 9.72 Å². The van der Waals surface area contributed by atoms with Crippen molar-refractivity contribution in [3.8, 4) is 11.5 Å². The van der Waals surface area contributed by atoms with Crippen LogP contribution in [0.1, 0.15) is 0 Å². The minimum absolute atomic E-state index is 0.708. The van der Waals surface area contributed by atoms with E-state index in [-0.39, 0.29) is 0 Å². The molecule has 0 aliphatic carbocycles. The fraction of sp³-hybridized carbons (Fsp3) is 0.0208. The van der Waals surface area contributed by atoms with Crippen molar-refractivity contribution in [2.45, 2.75) is 0 Å². The monoisotopic (exact) mass is 693 g/mol. The molecule has 0 amide bonds. The molecule has 0 bridgehead atoms. The van der Waals surface area contributed by atoms with Crippen molar-refractivity contribution in [3.05, 3.63) is 176 Å². The van der Waals surface area contributed by atoms with Crippen LogP contribution in [-0.4, -0.2) is 20.5 Å². The molecule has 1 aliphatic heterocycles. The zero-order valence-electron chi connectivity index (χ0n) is 29.1. The lowest BCUT2D eigenvalue weighted by Gasteiger charge is -2.22. The molecule has 0 atom stereocenters. The average Bonchev–Trinajstić information content (AvgIpc) is 3.89. The number of pyridine rings is 1. The molecular formula is C48H31N5O. The van der Waals surface area contributed by atoms with E-state index in [0.717, 1.165) is 55.5 Å². The third-order valence-electron chi connectivity index (χ3n) is 11.1. The van der Waals surface area contributed by atoms with E-state index in [2.05, 4.69) is 176 Å². The lowest BCUT2D eigenvalue weighted by Crippen LogP contribution is -2.23. The number of benzene rings is 7. The van der Waals surface area contributed by atoms with Gasteiger partial charge in [-0.25, -0.2) is 4.98 Å². The number of nitrogens with zero attached hydrogens (tertiary/aromatic N) is 5. The van der Waals surface area contributed by atoms with Crippen molar-refractivity contribution in [2.75, 3.05) is 16.5 Å². The molecule has 11 aromatic rings. The van der Waals surface area contributed by atoms with E-state index in [9.17, 15) is 0 Å². The van der Waals surface area contributed by atoms with Crippen LogP contribution >= 0.6 is 0 Å². The van der Waals surface area contributed by atoms with Gasteiger partial charge in [-0.15, -0.1) is 0 Å². The van der Waals surface area contributed by atoms with Gasteiger partial charge in [0.1, 0.15) is 23.8 Å². The van der Waals surface area contributed by atoms with E-state index < -0.39 is 0 Å². The van der Waals surface area contributed by atoms with E-state index in [0.29, 0.717) is 6.67 Å². The Hall–Kier alpha value is -7.31. The summed E-state index contributed by atoms with van der Waals surface area (Å²) in [6.45, 7) is 0.708. The summed E-state index contributed by atoms with van der Waals surface area (Å²) < 4.78 is 11.5. The molecule has 0 saturated carbocycles. The minimum Gasteiger partial charge on any atom is -0.457 e. The van der Waals surface area contributed by atoms with E-state index >= 15 is 0 Å². The molecule has 0 radical (unpaired) electrons. The highest BCUT2D eigenvalue weighted by atomic mass is 16.5. The number of aromatic nitrogens is 3. The molecule has 254 valence electrons. The Bertz CT molecular complexity index is 3310. The lowest BCUT2D eigenvalue weighted by atomic mass is 10.1. The van der Waals surface area contributed by atoms with Gasteiger partial charge in [-0.3, -0.25) is 4.40 Å². The SMILES string of the molecule is c1ccc(N2CN(c3cccc(Oc4ccc5c6cccc7c6n(c5c4)c4ncccc4c4cccc5c6ccccc6n7c54)c3)c3ccccc32)cc1. The summed E-state index contributed by atoms with van der Waals surface area (Å²) in [4.78, 5) is 9.80. The highest BCUT2D eigenvalue weighted by Crippen LogP contribution is 2.45. The third kappa shape index (κ3) is 4.07. The summed E-state index contributed by atoms with van der Waals surface area (Å²) >= 11 is 0. The summed E-state index contributed by atoms with van der Waals surface area (Å²) in [5, 5.41) is 7.06. The molecule has 0 saturated heterocycles. The maximum absolute atomic E-state index is 6.74. The first-order valence-electron chi connectivity index (χ1n) is 18.3. The van der Waals surface area contributed by atoms with Crippen molar-refractivity contribution in [1.82, 2.24) is 13.8 Å².